The monoisotopic (exact) mass is 232 g/mol. The summed E-state index contributed by atoms with van der Waals surface area (Å²) in [5, 5.41) is 6.45. The summed E-state index contributed by atoms with van der Waals surface area (Å²) in [6.45, 7) is 3.87. The molecule has 5 heteroatoms. The molecule has 1 aliphatic heterocycles. The van der Waals surface area contributed by atoms with Gasteiger partial charge in [0.1, 0.15) is 0 Å². The molecule has 82 valence electrons. The third kappa shape index (κ3) is 1.63. The van der Waals surface area contributed by atoms with Crippen LogP contribution in [-0.2, 0) is 0 Å². The number of thiazole rings is 1. The van der Waals surface area contributed by atoms with Crippen LogP contribution in [0.5, 0.6) is 0 Å². The number of benzene rings is 1. The molecule has 0 spiro atoms. The minimum atomic E-state index is 0.847. The van der Waals surface area contributed by atoms with Crippen LogP contribution in [0.15, 0.2) is 22.6 Å². The van der Waals surface area contributed by atoms with Crippen LogP contribution in [0.3, 0.4) is 0 Å². The molecule has 1 aromatic heterocycles. The van der Waals surface area contributed by atoms with Crippen molar-refractivity contribution >= 4 is 33.2 Å². The lowest BCUT2D eigenvalue weighted by molar-refractivity contribution is 0.959. The summed E-state index contributed by atoms with van der Waals surface area (Å²) in [5.74, 6) is 0.856. The molecule has 3 rings (SSSR count). The van der Waals surface area contributed by atoms with Crippen molar-refractivity contribution < 1.29 is 0 Å². The van der Waals surface area contributed by atoms with Crippen LogP contribution in [0.4, 0.5) is 5.69 Å². The Hall–Kier alpha value is -1.62. The van der Waals surface area contributed by atoms with E-state index in [0.717, 1.165) is 30.3 Å². The Labute approximate surface area is 97.4 Å². The Morgan fingerprint density at radius 3 is 3.19 bits per heavy atom. The topological polar surface area (TPSA) is 49.3 Å². The van der Waals surface area contributed by atoms with Crippen molar-refractivity contribution in [1.29, 1.82) is 0 Å². The Morgan fingerprint density at radius 2 is 2.38 bits per heavy atom. The van der Waals surface area contributed by atoms with Crippen molar-refractivity contribution in [3.8, 4) is 0 Å². The maximum absolute atomic E-state index is 4.33. The second kappa shape index (κ2) is 3.75. The van der Waals surface area contributed by atoms with Crippen LogP contribution >= 0.6 is 11.3 Å². The summed E-state index contributed by atoms with van der Waals surface area (Å²) in [6, 6.07) is 4.18. The SMILES string of the molecule is Cc1cc(NC2=NCCN2)cc2ncsc12. The lowest BCUT2D eigenvalue weighted by Gasteiger charge is -2.07. The zero-order chi connectivity index (χ0) is 11.0. The normalized spacial score (nSPS) is 14.9. The molecule has 16 heavy (non-hydrogen) atoms. The number of nitrogens with one attached hydrogen (secondary N) is 2. The largest absolute Gasteiger partial charge is 0.354 e. The average molecular weight is 232 g/mol. The maximum atomic E-state index is 4.33. The van der Waals surface area contributed by atoms with E-state index in [9.17, 15) is 0 Å². The quantitative estimate of drug-likeness (QED) is 0.790. The summed E-state index contributed by atoms with van der Waals surface area (Å²) < 4.78 is 1.26. The van der Waals surface area contributed by atoms with Gasteiger partial charge in [0.2, 0.25) is 0 Å². The van der Waals surface area contributed by atoms with Gasteiger partial charge in [-0.15, -0.1) is 11.3 Å². The van der Waals surface area contributed by atoms with Crippen LogP contribution in [-0.4, -0.2) is 24.0 Å². The van der Waals surface area contributed by atoms with E-state index in [1.807, 2.05) is 5.51 Å². The lowest BCUT2D eigenvalue weighted by Crippen LogP contribution is -2.26. The Balaban J connectivity index is 1.97. The number of hydrogen-bond acceptors (Lipinski definition) is 5. The van der Waals surface area contributed by atoms with E-state index >= 15 is 0 Å². The van der Waals surface area contributed by atoms with E-state index < -0.39 is 0 Å². The van der Waals surface area contributed by atoms with Gasteiger partial charge in [-0.2, -0.15) is 0 Å². The molecular formula is C11H12N4S. The molecule has 0 unspecified atom stereocenters. The molecule has 0 fully saturated rings. The molecule has 0 saturated heterocycles. The molecule has 0 saturated carbocycles. The minimum Gasteiger partial charge on any atom is -0.354 e. The number of rotatable bonds is 1. The Kier molecular flexibility index (Phi) is 2.25. The number of fused-ring (bicyclic) bond motifs is 1. The predicted octanol–water partition coefficient (Wildman–Crippen LogP) is 1.98. The highest BCUT2D eigenvalue weighted by molar-refractivity contribution is 7.16. The fourth-order valence-corrected chi connectivity index (χ4v) is 2.58. The van der Waals surface area contributed by atoms with Gasteiger partial charge in [0.05, 0.1) is 22.3 Å². The van der Waals surface area contributed by atoms with E-state index in [4.69, 9.17) is 0 Å². The molecule has 0 radical (unpaired) electrons. The minimum absolute atomic E-state index is 0.847. The fraction of sp³-hybridized carbons (Fsp3) is 0.273. The fourth-order valence-electron chi connectivity index (χ4n) is 1.83. The number of nitrogens with zero attached hydrogens (tertiary/aromatic N) is 2. The van der Waals surface area contributed by atoms with Gasteiger partial charge in [-0.25, -0.2) is 4.98 Å². The molecule has 4 nitrogen and oxygen atoms in total. The lowest BCUT2D eigenvalue weighted by atomic mass is 10.2. The molecule has 2 heterocycles. The van der Waals surface area contributed by atoms with Gasteiger partial charge in [-0.1, -0.05) is 0 Å². The highest BCUT2D eigenvalue weighted by Crippen LogP contribution is 2.25. The molecule has 2 aromatic rings. The number of aryl methyl sites for hydroxylation is 1. The standard InChI is InChI=1S/C11H12N4S/c1-7-4-8(15-11-12-2-3-13-11)5-9-10(7)16-6-14-9/h4-6H,2-3H2,1H3,(H2,12,13,15). The highest BCUT2D eigenvalue weighted by Gasteiger charge is 2.07. The molecule has 2 N–H and O–H groups in total. The number of anilines is 1. The van der Waals surface area contributed by atoms with Gasteiger partial charge >= 0.3 is 0 Å². The predicted molar refractivity (Wildman–Crippen MR) is 68.3 cm³/mol. The van der Waals surface area contributed by atoms with E-state index in [1.54, 1.807) is 11.3 Å². The zero-order valence-corrected chi connectivity index (χ0v) is 9.77. The van der Waals surface area contributed by atoms with Crippen molar-refractivity contribution in [3.05, 3.63) is 23.2 Å². The van der Waals surface area contributed by atoms with Gasteiger partial charge in [0.25, 0.3) is 0 Å². The molecular weight excluding hydrogens is 220 g/mol. The molecule has 0 bridgehead atoms. The number of aromatic nitrogens is 1. The zero-order valence-electron chi connectivity index (χ0n) is 8.95. The van der Waals surface area contributed by atoms with Crippen molar-refractivity contribution in [2.45, 2.75) is 6.92 Å². The van der Waals surface area contributed by atoms with Crippen molar-refractivity contribution in [1.82, 2.24) is 10.3 Å². The van der Waals surface area contributed by atoms with E-state index in [0.29, 0.717) is 0 Å². The van der Waals surface area contributed by atoms with Crippen LogP contribution in [0.2, 0.25) is 0 Å². The van der Waals surface area contributed by atoms with Crippen molar-refractivity contribution in [2.24, 2.45) is 4.99 Å². The van der Waals surface area contributed by atoms with Gasteiger partial charge < -0.3 is 10.6 Å². The highest BCUT2D eigenvalue weighted by atomic mass is 32.1. The smallest absolute Gasteiger partial charge is 0.195 e. The Morgan fingerprint density at radius 1 is 1.44 bits per heavy atom. The first-order valence-corrected chi connectivity index (χ1v) is 6.10. The maximum Gasteiger partial charge on any atom is 0.195 e. The summed E-state index contributed by atoms with van der Waals surface area (Å²) >= 11 is 1.68. The van der Waals surface area contributed by atoms with Crippen LogP contribution < -0.4 is 10.6 Å². The summed E-state index contributed by atoms with van der Waals surface area (Å²) in [6.07, 6.45) is 0. The second-order valence-corrected chi connectivity index (χ2v) is 4.63. The molecule has 1 aromatic carbocycles. The number of hydrogen-bond donors (Lipinski definition) is 2. The van der Waals surface area contributed by atoms with E-state index in [-0.39, 0.29) is 0 Å². The van der Waals surface area contributed by atoms with E-state index in [1.165, 1.54) is 10.3 Å². The van der Waals surface area contributed by atoms with Crippen LogP contribution in [0.1, 0.15) is 5.56 Å². The Bertz CT molecular complexity index is 558. The summed E-state index contributed by atoms with van der Waals surface area (Å²) in [5.41, 5.74) is 5.23. The van der Waals surface area contributed by atoms with Crippen LogP contribution in [0.25, 0.3) is 10.2 Å². The average Bonchev–Trinajstić information content (AvgIpc) is 2.87. The first-order chi connectivity index (χ1) is 7.83. The van der Waals surface area contributed by atoms with Gasteiger partial charge in [-0.3, -0.25) is 4.99 Å². The van der Waals surface area contributed by atoms with Crippen molar-refractivity contribution in [2.75, 3.05) is 18.4 Å². The third-order valence-electron chi connectivity index (χ3n) is 2.55. The van der Waals surface area contributed by atoms with E-state index in [2.05, 4.69) is 39.7 Å². The summed E-state index contributed by atoms with van der Waals surface area (Å²) in [7, 11) is 0. The molecule has 1 aliphatic rings. The first-order valence-electron chi connectivity index (χ1n) is 5.22. The van der Waals surface area contributed by atoms with Crippen molar-refractivity contribution in [3.63, 3.8) is 0 Å². The third-order valence-corrected chi connectivity index (χ3v) is 3.53. The number of aliphatic imine (C=N–C) groups is 1. The first kappa shape index (κ1) is 9.59. The van der Waals surface area contributed by atoms with Gasteiger partial charge in [-0.05, 0) is 24.6 Å². The van der Waals surface area contributed by atoms with Gasteiger partial charge in [0.15, 0.2) is 5.96 Å². The summed E-state index contributed by atoms with van der Waals surface area (Å²) in [4.78, 5) is 8.64. The molecule has 0 aliphatic carbocycles. The second-order valence-electron chi connectivity index (χ2n) is 3.78. The molecule has 0 amide bonds. The van der Waals surface area contributed by atoms with Crippen LogP contribution in [0, 0.1) is 6.92 Å². The van der Waals surface area contributed by atoms with Gasteiger partial charge in [0, 0.05) is 12.2 Å². The number of guanidine groups is 1. The molecule has 0 atom stereocenters.